The molecule has 4 heteroatoms. The van der Waals surface area contributed by atoms with Gasteiger partial charge in [-0.2, -0.15) is 0 Å². The first-order chi connectivity index (χ1) is 15.2. The van der Waals surface area contributed by atoms with Gasteiger partial charge >= 0.3 is 0 Å². The molecule has 2 heterocycles. The summed E-state index contributed by atoms with van der Waals surface area (Å²) in [6.07, 6.45) is 3.81. The fourth-order valence-electron chi connectivity index (χ4n) is 3.90. The zero-order valence-corrected chi connectivity index (χ0v) is 17.7. The Balaban J connectivity index is 1.65. The highest BCUT2D eigenvalue weighted by atomic mass is 15.1. The molecule has 3 aromatic carbocycles. The van der Waals surface area contributed by atoms with Gasteiger partial charge in [-0.15, -0.1) is 0 Å². The van der Waals surface area contributed by atoms with Crippen LogP contribution in [0.1, 0.15) is 16.7 Å². The number of fused-ring (bicyclic) bond motifs is 1. The fraction of sp³-hybridized carbons (Fsp3) is 0.111. The van der Waals surface area contributed by atoms with Crippen molar-refractivity contribution in [2.45, 2.75) is 20.4 Å². The predicted molar refractivity (Wildman–Crippen MR) is 128 cm³/mol. The zero-order chi connectivity index (χ0) is 21.2. The van der Waals surface area contributed by atoms with Crippen molar-refractivity contribution in [1.29, 1.82) is 0 Å². The standard InChI is InChI=1S/C27H24N4/c1-19-11-13-21(14-12-19)16-28-26-25-24(22-8-4-3-5-9-22)17-31(27(25)30-18-29-26)23-10-6-7-20(2)15-23/h3-15,17-18H,16H2,1-2H3,(H,28,29,30). The smallest absolute Gasteiger partial charge is 0.150 e. The molecule has 1 N–H and O–H groups in total. The summed E-state index contributed by atoms with van der Waals surface area (Å²) >= 11 is 0. The van der Waals surface area contributed by atoms with E-state index in [1.54, 1.807) is 6.33 Å². The van der Waals surface area contributed by atoms with Gasteiger partial charge in [0, 0.05) is 24.0 Å². The van der Waals surface area contributed by atoms with Crippen molar-refractivity contribution in [3.63, 3.8) is 0 Å². The Morgan fingerprint density at radius 2 is 1.61 bits per heavy atom. The quantitative estimate of drug-likeness (QED) is 0.373. The third-order valence-electron chi connectivity index (χ3n) is 5.53. The molecule has 0 spiro atoms. The Morgan fingerprint density at radius 3 is 2.39 bits per heavy atom. The van der Waals surface area contributed by atoms with Crippen LogP contribution in [0.2, 0.25) is 0 Å². The van der Waals surface area contributed by atoms with E-state index in [1.165, 1.54) is 16.7 Å². The Morgan fingerprint density at radius 1 is 0.806 bits per heavy atom. The molecule has 0 aliphatic carbocycles. The van der Waals surface area contributed by atoms with Gasteiger partial charge < -0.3 is 9.88 Å². The van der Waals surface area contributed by atoms with Gasteiger partial charge in [-0.1, -0.05) is 72.3 Å². The van der Waals surface area contributed by atoms with Crippen LogP contribution in [0.25, 0.3) is 27.8 Å². The normalized spacial score (nSPS) is 11.0. The van der Waals surface area contributed by atoms with E-state index in [0.717, 1.165) is 33.7 Å². The number of aromatic nitrogens is 3. The van der Waals surface area contributed by atoms with Gasteiger partial charge in [-0.3, -0.25) is 0 Å². The van der Waals surface area contributed by atoms with Gasteiger partial charge in [0.2, 0.25) is 0 Å². The predicted octanol–water partition coefficient (Wildman–Crippen LogP) is 6.32. The van der Waals surface area contributed by atoms with E-state index >= 15 is 0 Å². The molecule has 0 saturated carbocycles. The van der Waals surface area contributed by atoms with E-state index < -0.39 is 0 Å². The molecule has 5 aromatic rings. The average Bonchev–Trinajstić information content (AvgIpc) is 3.20. The third-order valence-corrected chi connectivity index (χ3v) is 5.53. The molecule has 0 bridgehead atoms. The minimum atomic E-state index is 0.705. The lowest BCUT2D eigenvalue weighted by Crippen LogP contribution is -2.03. The van der Waals surface area contributed by atoms with Crippen molar-refractivity contribution in [3.05, 3.63) is 108 Å². The van der Waals surface area contributed by atoms with Crippen LogP contribution in [0.3, 0.4) is 0 Å². The van der Waals surface area contributed by atoms with Crippen LogP contribution >= 0.6 is 0 Å². The molecule has 0 saturated heterocycles. The number of hydrogen-bond acceptors (Lipinski definition) is 3. The molecule has 4 nitrogen and oxygen atoms in total. The van der Waals surface area contributed by atoms with Gasteiger partial charge in [0.25, 0.3) is 0 Å². The Bertz CT molecular complexity index is 1340. The van der Waals surface area contributed by atoms with E-state index in [1.807, 2.05) is 6.07 Å². The molecule has 0 aliphatic rings. The lowest BCUT2D eigenvalue weighted by atomic mass is 10.1. The molecule has 152 valence electrons. The van der Waals surface area contributed by atoms with Crippen LogP contribution in [0.4, 0.5) is 5.82 Å². The van der Waals surface area contributed by atoms with E-state index in [4.69, 9.17) is 0 Å². The lowest BCUT2D eigenvalue weighted by molar-refractivity contribution is 1.06. The van der Waals surface area contributed by atoms with Crippen LogP contribution in [-0.2, 0) is 6.54 Å². The molecule has 0 atom stereocenters. The molecular formula is C27H24N4. The second-order valence-electron chi connectivity index (χ2n) is 7.88. The third kappa shape index (κ3) is 3.80. The van der Waals surface area contributed by atoms with Crippen molar-refractivity contribution < 1.29 is 0 Å². The maximum absolute atomic E-state index is 4.67. The van der Waals surface area contributed by atoms with E-state index in [9.17, 15) is 0 Å². The van der Waals surface area contributed by atoms with E-state index in [-0.39, 0.29) is 0 Å². The molecule has 5 rings (SSSR count). The summed E-state index contributed by atoms with van der Waals surface area (Å²) in [7, 11) is 0. The first-order valence-corrected chi connectivity index (χ1v) is 10.5. The minimum absolute atomic E-state index is 0.705. The van der Waals surface area contributed by atoms with Crippen molar-refractivity contribution in [1.82, 2.24) is 14.5 Å². The van der Waals surface area contributed by atoms with Crippen LogP contribution in [0.5, 0.6) is 0 Å². The summed E-state index contributed by atoms with van der Waals surface area (Å²) < 4.78 is 2.16. The molecule has 31 heavy (non-hydrogen) atoms. The molecule has 2 aromatic heterocycles. The second kappa shape index (κ2) is 8.07. The Hall–Kier alpha value is -3.92. The fourth-order valence-corrected chi connectivity index (χ4v) is 3.90. The Labute approximate surface area is 182 Å². The van der Waals surface area contributed by atoms with Crippen LogP contribution in [0.15, 0.2) is 91.4 Å². The summed E-state index contributed by atoms with van der Waals surface area (Å²) in [6.45, 7) is 4.92. The van der Waals surface area contributed by atoms with Crippen LogP contribution < -0.4 is 5.32 Å². The number of hydrogen-bond donors (Lipinski definition) is 1. The minimum Gasteiger partial charge on any atom is -0.365 e. The second-order valence-corrected chi connectivity index (χ2v) is 7.88. The number of anilines is 1. The maximum Gasteiger partial charge on any atom is 0.150 e. The zero-order valence-electron chi connectivity index (χ0n) is 17.7. The van der Waals surface area contributed by atoms with Crippen molar-refractivity contribution >= 4 is 16.9 Å². The molecule has 0 amide bonds. The summed E-state index contributed by atoms with van der Waals surface area (Å²) in [5, 5.41) is 4.58. The summed E-state index contributed by atoms with van der Waals surface area (Å²) in [5.41, 5.74) is 7.94. The summed E-state index contributed by atoms with van der Waals surface area (Å²) in [5.74, 6) is 0.843. The first kappa shape index (κ1) is 19.1. The van der Waals surface area contributed by atoms with Gasteiger partial charge in [-0.25, -0.2) is 9.97 Å². The average molecular weight is 405 g/mol. The highest BCUT2D eigenvalue weighted by Crippen LogP contribution is 2.35. The van der Waals surface area contributed by atoms with Crippen molar-refractivity contribution in [2.75, 3.05) is 5.32 Å². The maximum atomic E-state index is 4.67. The number of nitrogens with zero attached hydrogens (tertiary/aromatic N) is 3. The Kier molecular flexibility index (Phi) is 4.97. The van der Waals surface area contributed by atoms with Gasteiger partial charge in [-0.05, 0) is 42.7 Å². The van der Waals surface area contributed by atoms with Crippen LogP contribution in [-0.4, -0.2) is 14.5 Å². The van der Waals surface area contributed by atoms with Crippen molar-refractivity contribution in [3.8, 4) is 16.8 Å². The topological polar surface area (TPSA) is 42.7 Å². The molecule has 0 unspecified atom stereocenters. The lowest BCUT2D eigenvalue weighted by Gasteiger charge is -2.09. The SMILES string of the molecule is Cc1ccc(CNc2ncnc3c2c(-c2ccccc2)cn3-c2cccc(C)c2)cc1. The summed E-state index contributed by atoms with van der Waals surface area (Å²) in [4.78, 5) is 9.29. The number of rotatable bonds is 5. The largest absolute Gasteiger partial charge is 0.365 e. The van der Waals surface area contributed by atoms with Gasteiger partial charge in [0.05, 0.1) is 5.39 Å². The molecular weight excluding hydrogens is 380 g/mol. The van der Waals surface area contributed by atoms with Gasteiger partial charge in [0.1, 0.15) is 12.1 Å². The molecule has 0 fully saturated rings. The number of nitrogens with one attached hydrogen (secondary N) is 1. The number of benzene rings is 3. The molecule has 0 radical (unpaired) electrons. The van der Waals surface area contributed by atoms with Crippen molar-refractivity contribution in [2.24, 2.45) is 0 Å². The molecule has 0 aliphatic heterocycles. The van der Waals surface area contributed by atoms with E-state index in [2.05, 4.69) is 113 Å². The van der Waals surface area contributed by atoms with Crippen LogP contribution in [0, 0.1) is 13.8 Å². The van der Waals surface area contributed by atoms with Gasteiger partial charge in [0.15, 0.2) is 5.65 Å². The van der Waals surface area contributed by atoms with E-state index in [0.29, 0.717) is 6.54 Å². The number of aryl methyl sites for hydroxylation is 2. The highest BCUT2D eigenvalue weighted by molar-refractivity contribution is 6.02. The first-order valence-electron chi connectivity index (χ1n) is 10.5. The summed E-state index contributed by atoms with van der Waals surface area (Å²) in [6, 6.07) is 27.5. The monoisotopic (exact) mass is 404 g/mol. The highest BCUT2D eigenvalue weighted by Gasteiger charge is 2.17.